The molecule has 8 nitrogen and oxygen atoms in total. The highest BCUT2D eigenvalue weighted by Gasteiger charge is 2.57. The number of carbonyl (C=O) groups is 3. The van der Waals surface area contributed by atoms with Crippen LogP contribution in [0.5, 0.6) is 0 Å². The Morgan fingerprint density at radius 3 is 2.87 bits per heavy atom. The van der Waals surface area contributed by atoms with Crippen LogP contribution >= 0.6 is 11.8 Å². The molecule has 130 valence electrons. The molecule has 2 unspecified atom stereocenters. The summed E-state index contributed by atoms with van der Waals surface area (Å²) < 4.78 is 4.70. The fraction of sp³-hybridized carbons (Fsp3) is 0.786. The zero-order valence-electron chi connectivity index (χ0n) is 13.1. The number of β-lactam (4-membered cyclic amide) rings is 1. The first-order valence-corrected chi connectivity index (χ1v) is 8.77. The van der Waals surface area contributed by atoms with Crippen LogP contribution in [0.3, 0.4) is 0 Å². The summed E-state index contributed by atoms with van der Waals surface area (Å²) in [5.74, 6) is -0.905. The Morgan fingerprint density at radius 1 is 1.52 bits per heavy atom. The molecular formula is C14H23N3O5S. The first-order chi connectivity index (χ1) is 10.9. The molecule has 0 spiro atoms. The molecule has 2 fully saturated rings. The minimum absolute atomic E-state index is 0.0409. The molecular weight excluding hydrogens is 322 g/mol. The van der Waals surface area contributed by atoms with Gasteiger partial charge in [0.25, 0.3) is 0 Å². The quantitative estimate of drug-likeness (QED) is 0.425. The monoisotopic (exact) mass is 345 g/mol. The number of unbranched alkanes of at least 4 members (excludes halogenated alkanes) is 2. The number of amides is 2. The molecule has 0 saturated carbocycles. The van der Waals surface area contributed by atoms with Crippen molar-refractivity contribution in [1.82, 2.24) is 10.2 Å². The van der Waals surface area contributed by atoms with Crippen molar-refractivity contribution < 1.29 is 24.2 Å². The normalized spacial score (nSPS) is 29.6. The summed E-state index contributed by atoms with van der Waals surface area (Å²) >= 11 is 1.41. The van der Waals surface area contributed by atoms with Crippen LogP contribution in [-0.4, -0.2) is 64.8 Å². The summed E-state index contributed by atoms with van der Waals surface area (Å²) in [7, 11) is 0. The summed E-state index contributed by atoms with van der Waals surface area (Å²) in [6.45, 7) is 2.62. The lowest BCUT2D eigenvalue weighted by atomic mass is 9.88. The van der Waals surface area contributed by atoms with Gasteiger partial charge < -0.3 is 25.8 Å². The van der Waals surface area contributed by atoms with Crippen LogP contribution in [0.2, 0.25) is 0 Å². The average molecular weight is 345 g/mol. The molecule has 0 aromatic heterocycles. The van der Waals surface area contributed by atoms with Crippen molar-refractivity contribution in [2.24, 2.45) is 11.1 Å². The standard InChI is InChI=1S/C14H23N3O5S/c1-2-3-4-5-16-9-10(18)17-6-14(12(19)20,7-22-13(15)21)8-23-11(9)17/h9,11,16H,2-8H2,1H3,(H2,15,21)(H,19,20)/t9?,11-,14?/m1/s1. The maximum atomic E-state index is 12.2. The van der Waals surface area contributed by atoms with Crippen molar-refractivity contribution in [3.05, 3.63) is 0 Å². The van der Waals surface area contributed by atoms with Crippen LogP contribution < -0.4 is 11.1 Å². The fourth-order valence-corrected chi connectivity index (χ4v) is 4.35. The number of hydrogen-bond acceptors (Lipinski definition) is 6. The van der Waals surface area contributed by atoms with Crippen LogP contribution in [-0.2, 0) is 14.3 Å². The summed E-state index contributed by atoms with van der Waals surface area (Å²) in [4.78, 5) is 36.1. The van der Waals surface area contributed by atoms with E-state index in [1.807, 2.05) is 0 Å². The molecule has 23 heavy (non-hydrogen) atoms. The Hall–Kier alpha value is -1.48. The van der Waals surface area contributed by atoms with Crippen LogP contribution in [0, 0.1) is 5.41 Å². The van der Waals surface area contributed by atoms with Gasteiger partial charge in [-0.1, -0.05) is 19.8 Å². The molecule has 2 heterocycles. The van der Waals surface area contributed by atoms with Crippen LogP contribution in [0.25, 0.3) is 0 Å². The smallest absolute Gasteiger partial charge is 0.404 e. The van der Waals surface area contributed by atoms with E-state index in [9.17, 15) is 19.5 Å². The number of nitrogens with one attached hydrogen (secondary N) is 1. The van der Waals surface area contributed by atoms with E-state index >= 15 is 0 Å². The van der Waals surface area contributed by atoms with Crippen molar-refractivity contribution in [1.29, 1.82) is 0 Å². The number of aliphatic carboxylic acids is 1. The lowest BCUT2D eigenvalue weighted by Gasteiger charge is -2.53. The van der Waals surface area contributed by atoms with E-state index in [-0.39, 0.29) is 36.2 Å². The highest BCUT2D eigenvalue weighted by Crippen LogP contribution is 2.42. The van der Waals surface area contributed by atoms with E-state index in [1.165, 1.54) is 11.8 Å². The van der Waals surface area contributed by atoms with E-state index in [0.717, 1.165) is 25.8 Å². The van der Waals surface area contributed by atoms with Crippen LogP contribution in [0.15, 0.2) is 0 Å². The molecule has 2 amide bonds. The maximum Gasteiger partial charge on any atom is 0.404 e. The number of ether oxygens (including phenoxy) is 1. The van der Waals surface area contributed by atoms with Gasteiger partial charge in [0.1, 0.15) is 23.4 Å². The molecule has 0 bridgehead atoms. The van der Waals surface area contributed by atoms with Gasteiger partial charge in [-0.15, -0.1) is 11.8 Å². The van der Waals surface area contributed by atoms with Gasteiger partial charge in [0, 0.05) is 12.3 Å². The lowest BCUT2D eigenvalue weighted by Crippen LogP contribution is -2.73. The molecule has 3 atom stereocenters. The van der Waals surface area contributed by atoms with Gasteiger partial charge >= 0.3 is 12.1 Å². The number of carboxylic acid groups (broad SMARTS) is 1. The zero-order valence-corrected chi connectivity index (χ0v) is 13.9. The SMILES string of the molecule is CCCCCNC1C(=O)N2CC(COC(N)=O)(C(=O)O)CS[C@H]12. The topological polar surface area (TPSA) is 122 Å². The molecule has 0 aliphatic carbocycles. The molecule has 0 radical (unpaired) electrons. The third-order valence-corrected chi connectivity index (χ3v) is 5.82. The first kappa shape index (κ1) is 17.9. The van der Waals surface area contributed by atoms with Gasteiger partial charge in [-0.05, 0) is 13.0 Å². The third kappa shape index (κ3) is 3.72. The number of nitrogens with two attached hydrogens (primary N) is 1. The van der Waals surface area contributed by atoms with E-state index < -0.39 is 17.5 Å². The number of carboxylic acids is 1. The van der Waals surface area contributed by atoms with E-state index in [1.54, 1.807) is 4.90 Å². The summed E-state index contributed by atoms with van der Waals surface area (Å²) in [6.07, 6.45) is 2.24. The molecule has 4 N–H and O–H groups in total. The van der Waals surface area contributed by atoms with Gasteiger partial charge in [0.2, 0.25) is 5.91 Å². The molecule has 2 aliphatic rings. The zero-order chi connectivity index (χ0) is 17.0. The Morgan fingerprint density at radius 2 is 2.26 bits per heavy atom. The number of nitrogens with zero attached hydrogens (tertiary/aromatic N) is 1. The Bertz CT molecular complexity index is 489. The predicted molar refractivity (Wildman–Crippen MR) is 84.9 cm³/mol. The van der Waals surface area contributed by atoms with Gasteiger partial charge in [0.15, 0.2) is 0 Å². The molecule has 2 rings (SSSR count). The second kappa shape index (κ2) is 7.39. The second-order valence-electron chi connectivity index (χ2n) is 6.00. The number of fused-ring (bicyclic) bond motifs is 1. The fourth-order valence-electron chi connectivity index (χ4n) is 2.80. The van der Waals surface area contributed by atoms with Crippen molar-refractivity contribution >= 4 is 29.7 Å². The predicted octanol–water partition coefficient (Wildman–Crippen LogP) is 0.216. The van der Waals surface area contributed by atoms with Gasteiger partial charge in [0.05, 0.1) is 0 Å². The van der Waals surface area contributed by atoms with Crippen molar-refractivity contribution in [2.45, 2.75) is 37.6 Å². The summed E-state index contributed by atoms with van der Waals surface area (Å²) in [6, 6.07) is -0.249. The lowest BCUT2D eigenvalue weighted by molar-refractivity contribution is -0.159. The minimum Gasteiger partial charge on any atom is -0.481 e. The van der Waals surface area contributed by atoms with E-state index in [2.05, 4.69) is 12.2 Å². The second-order valence-corrected chi connectivity index (χ2v) is 7.10. The van der Waals surface area contributed by atoms with E-state index in [0.29, 0.717) is 0 Å². The number of thioether (sulfide) groups is 1. The third-order valence-electron chi connectivity index (χ3n) is 4.23. The summed E-state index contributed by atoms with van der Waals surface area (Å²) in [5.41, 5.74) is 3.63. The average Bonchev–Trinajstić information content (AvgIpc) is 2.52. The largest absolute Gasteiger partial charge is 0.481 e. The van der Waals surface area contributed by atoms with Crippen molar-refractivity contribution in [3.63, 3.8) is 0 Å². The van der Waals surface area contributed by atoms with E-state index in [4.69, 9.17) is 10.5 Å². The number of hydrogen-bond donors (Lipinski definition) is 3. The van der Waals surface area contributed by atoms with Gasteiger partial charge in [-0.25, -0.2) is 4.79 Å². The molecule has 9 heteroatoms. The van der Waals surface area contributed by atoms with Crippen LogP contribution in [0.4, 0.5) is 4.79 Å². The van der Waals surface area contributed by atoms with Gasteiger partial charge in [-0.3, -0.25) is 9.59 Å². The molecule has 2 aliphatic heterocycles. The van der Waals surface area contributed by atoms with Crippen molar-refractivity contribution in [2.75, 3.05) is 25.4 Å². The van der Waals surface area contributed by atoms with Crippen molar-refractivity contribution in [3.8, 4) is 0 Å². The molecule has 0 aromatic rings. The number of carbonyl (C=O) groups excluding carboxylic acids is 2. The first-order valence-electron chi connectivity index (χ1n) is 7.72. The Balaban J connectivity index is 1.92. The summed E-state index contributed by atoms with van der Waals surface area (Å²) in [5, 5.41) is 12.7. The van der Waals surface area contributed by atoms with Crippen LogP contribution in [0.1, 0.15) is 26.2 Å². The maximum absolute atomic E-state index is 12.2. The highest BCUT2D eigenvalue weighted by atomic mass is 32.2. The molecule has 0 aromatic carbocycles. The Kier molecular flexibility index (Phi) is 5.74. The minimum atomic E-state index is -1.29. The molecule has 2 saturated heterocycles. The number of rotatable bonds is 8. The highest BCUT2D eigenvalue weighted by molar-refractivity contribution is 8.00. The van der Waals surface area contributed by atoms with Gasteiger partial charge in [-0.2, -0.15) is 0 Å². The Labute approximate surface area is 139 Å². The number of primary amides is 1.